The lowest BCUT2D eigenvalue weighted by Crippen LogP contribution is -2.53. The Bertz CT molecular complexity index is 905. The Labute approximate surface area is 176 Å². The number of nitrogens with zero attached hydrogens (tertiary/aromatic N) is 4. The van der Waals surface area contributed by atoms with E-state index in [-0.39, 0.29) is 6.67 Å². The van der Waals surface area contributed by atoms with Crippen LogP contribution in [0.5, 0.6) is 0 Å². The molecule has 31 heavy (non-hydrogen) atoms. The third-order valence-electron chi connectivity index (χ3n) is 4.91. The van der Waals surface area contributed by atoms with Gasteiger partial charge in [-0.15, -0.1) is 0 Å². The van der Waals surface area contributed by atoms with E-state index in [1.54, 1.807) is 0 Å². The maximum atomic E-state index is 15.6. The SMILES string of the molecule is CCOCCCc1ccc(C(F)(F)C(O)(CN2CN=NN2)c2ccc(F)cc2F)nc1. The van der Waals surface area contributed by atoms with Crippen molar-refractivity contribution < 1.29 is 27.4 Å². The van der Waals surface area contributed by atoms with Crippen LogP contribution in [-0.2, 0) is 22.7 Å². The van der Waals surface area contributed by atoms with Crippen molar-refractivity contribution in [2.45, 2.75) is 31.3 Å². The van der Waals surface area contributed by atoms with Crippen molar-refractivity contribution in [3.8, 4) is 0 Å². The van der Waals surface area contributed by atoms with E-state index < -0.39 is 41.0 Å². The standard InChI is InChI=1S/C20H23F4N5O2/c1-2-31-9-3-4-14-5-8-18(25-11-14)20(23,24)19(30,12-29-13-26-27-28-29)16-7-6-15(21)10-17(16)22/h5-8,10-11,30H,2-4,9,12-13H2,1H3,(H,26,28). The van der Waals surface area contributed by atoms with Crippen LogP contribution in [0.25, 0.3) is 0 Å². The predicted molar refractivity (Wildman–Crippen MR) is 103 cm³/mol. The lowest BCUT2D eigenvalue weighted by Gasteiger charge is -2.38. The van der Waals surface area contributed by atoms with Crippen molar-refractivity contribution in [2.24, 2.45) is 10.3 Å². The summed E-state index contributed by atoms with van der Waals surface area (Å²) in [6.07, 6.45) is 2.56. The van der Waals surface area contributed by atoms with E-state index >= 15 is 8.78 Å². The molecule has 1 aliphatic rings. The van der Waals surface area contributed by atoms with Crippen LogP contribution < -0.4 is 5.53 Å². The fourth-order valence-electron chi connectivity index (χ4n) is 3.27. The minimum absolute atomic E-state index is 0.132. The molecule has 1 unspecified atom stereocenters. The highest BCUT2D eigenvalue weighted by molar-refractivity contribution is 5.32. The van der Waals surface area contributed by atoms with Crippen molar-refractivity contribution in [1.29, 1.82) is 0 Å². The summed E-state index contributed by atoms with van der Waals surface area (Å²) in [6, 6.07) is 4.61. The average Bonchev–Trinajstić information content (AvgIpc) is 3.24. The number of hydrazine groups is 1. The molecule has 1 atom stereocenters. The maximum Gasteiger partial charge on any atom is 0.323 e. The molecule has 168 valence electrons. The first-order valence-corrected chi connectivity index (χ1v) is 9.74. The summed E-state index contributed by atoms with van der Waals surface area (Å²) in [5.74, 6) is -6.28. The van der Waals surface area contributed by atoms with Crippen LogP contribution in [0.15, 0.2) is 46.9 Å². The van der Waals surface area contributed by atoms with Gasteiger partial charge in [0.25, 0.3) is 0 Å². The van der Waals surface area contributed by atoms with Gasteiger partial charge in [-0.25, -0.2) is 14.3 Å². The Kier molecular flexibility index (Phi) is 7.19. The van der Waals surface area contributed by atoms with Gasteiger partial charge in [0, 0.05) is 31.0 Å². The zero-order valence-corrected chi connectivity index (χ0v) is 16.9. The smallest absolute Gasteiger partial charge is 0.323 e. The first kappa shape index (κ1) is 23.0. The van der Waals surface area contributed by atoms with Crippen LogP contribution in [0, 0.1) is 11.6 Å². The van der Waals surface area contributed by atoms with Crippen LogP contribution in [0.3, 0.4) is 0 Å². The monoisotopic (exact) mass is 441 g/mol. The summed E-state index contributed by atoms with van der Waals surface area (Å²) < 4.78 is 64.3. The third kappa shape index (κ3) is 5.00. The van der Waals surface area contributed by atoms with Crippen molar-refractivity contribution in [1.82, 2.24) is 15.5 Å². The molecule has 1 aromatic carbocycles. The van der Waals surface area contributed by atoms with Gasteiger partial charge >= 0.3 is 5.92 Å². The first-order chi connectivity index (χ1) is 14.8. The van der Waals surface area contributed by atoms with Crippen LogP contribution >= 0.6 is 0 Å². The number of aliphatic hydroxyl groups is 1. The lowest BCUT2D eigenvalue weighted by atomic mass is 9.84. The molecular weight excluding hydrogens is 418 g/mol. The first-order valence-electron chi connectivity index (χ1n) is 9.74. The molecule has 0 radical (unpaired) electrons. The number of halogens is 4. The third-order valence-corrected chi connectivity index (χ3v) is 4.91. The molecule has 2 heterocycles. The topological polar surface area (TPSA) is 82.3 Å². The summed E-state index contributed by atoms with van der Waals surface area (Å²) in [5, 5.41) is 19.3. The molecule has 2 N–H and O–H groups in total. The van der Waals surface area contributed by atoms with Gasteiger partial charge in [0.15, 0.2) is 5.60 Å². The minimum atomic E-state index is -4.03. The zero-order valence-electron chi connectivity index (χ0n) is 16.9. The van der Waals surface area contributed by atoms with Crippen molar-refractivity contribution in [2.75, 3.05) is 26.4 Å². The van der Waals surface area contributed by atoms with Gasteiger partial charge in [-0.3, -0.25) is 4.98 Å². The summed E-state index contributed by atoms with van der Waals surface area (Å²) in [7, 11) is 0. The fourth-order valence-corrected chi connectivity index (χ4v) is 3.27. The number of alkyl halides is 2. The number of ether oxygens (including phenoxy) is 1. The van der Waals surface area contributed by atoms with Gasteiger partial charge < -0.3 is 9.84 Å². The molecule has 0 aliphatic carbocycles. The molecule has 0 saturated heterocycles. The van der Waals surface area contributed by atoms with Gasteiger partial charge in [0.1, 0.15) is 24.0 Å². The summed E-state index contributed by atoms with van der Waals surface area (Å²) in [4.78, 5) is 3.83. The molecule has 3 rings (SSSR count). The molecule has 7 nitrogen and oxygen atoms in total. The molecule has 1 aromatic heterocycles. The van der Waals surface area contributed by atoms with Crippen LogP contribution in [-0.4, -0.2) is 41.5 Å². The predicted octanol–water partition coefficient (Wildman–Crippen LogP) is 3.45. The summed E-state index contributed by atoms with van der Waals surface area (Å²) in [6.45, 7) is 2.09. The number of hydrogen-bond donors (Lipinski definition) is 2. The van der Waals surface area contributed by atoms with E-state index in [0.29, 0.717) is 32.1 Å². The molecule has 1 aliphatic heterocycles. The van der Waals surface area contributed by atoms with Gasteiger partial charge in [-0.2, -0.15) is 18.9 Å². The normalized spacial score (nSPS) is 16.3. The molecule has 0 saturated carbocycles. The summed E-state index contributed by atoms with van der Waals surface area (Å²) >= 11 is 0. The number of hydrogen-bond acceptors (Lipinski definition) is 7. The Morgan fingerprint density at radius 3 is 2.65 bits per heavy atom. The molecule has 0 bridgehead atoms. The van der Waals surface area contributed by atoms with Crippen molar-refractivity contribution in [3.63, 3.8) is 0 Å². The number of nitrogens with one attached hydrogen (secondary N) is 1. The van der Waals surface area contributed by atoms with Crippen LogP contribution in [0.2, 0.25) is 0 Å². The van der Waals surface area contributed by atoms with E-state index in [0.717, 1.165) is 28.8 Å². The number of β-amino-alcohol motifs (C(OH)–C–C–N with tert-alkyl or cyclic N) is 1. The van der Waals surface area contributed by atoms with E-state index in [1.807, 2.05) is 6.92 Å². The van der Waals surface area contributed by atoms with Crippen LogP contribution in [0.4, 0.5) is 17.6 Å². The van der Waals surface area contributed by atoms with Crippen LogP contribution in [0.1, 0.15) is 30.2 Å². The highest BCUT2D eigenvalue weighted by Crippen LogP contribution is 2.46. The molecule has 11 heteroatoms. The van der Waals surface area contributed by atoms with E-state index in [9.17, 15) is 13.9 Å². The fraction of sp³-hybridized carbons (Fsp3) is 0.450. The molecule has 0 amide bonds. The second kappa shape index (κ2) is 9.67. The second-order valence-corrected chi connectivity index (χ2v) is 7.09. The molecule has 2 aromatic rings. The number of aryl methyl sites for hydroxylation is 1. The number of rotatable bonds is 10. The molecule has 0 fully saturated rings. The quantitative estimate of drug-likeness (QED) is 0.436. The summed E-state index contributed by atoms with van der Waals surface area (Å²) in [5.41, 5.74) is -1.54. The van der Waals surface area contributed by atoms with E-state index in [4.69, 9.17) is 4.74 Å². The Hall–Kier alpha value is -2.63. The van der Waals surface area contributed by atoms with Gasteiger partial charge in [-0.1, -0.05) is 17.4 Å². The van der Waals surface area contributed by atoms with Crippen molar-refractivity contribution in [3.05, 3.63) is 65.0 Å². The Balaban J connectivity index is 1.91. The minimum Gasteiger partial charge on any atom is -0.382 e. The van der Waals surface area contributed by atoms with E-state index in [2.05, 4.69) is 20.9 Å². The molecular formula is C20H23F4N5O2. The van der Waals surface area contributed by atoms with E-state index in [1.165, 1.54) is 12.3 Å². The second-order valence-electron chi connectivity index (χ2n) is 7.09. The lowest BCUT2D eigenvalue weighted by molar-refractivity contribution is -0.210. The largest absolute Gasteiger partial charge is 0.382 e. The number of benzene rings is 1. The average molecular weight is 441 g/mol. The highest BCUT2D eigenvalue weighted by atomic mass is 19.3. The molecule has 0 spiro atoms. The maximum absolute atomic E-state index is 15.6. The van der Waals surface area contributed by atoms with Gasteiger partial charge in [0.05, 0.1) is 6.54 Å². The zero-order chi connectivity index (χ0) is 22.5. The Morgan fingerprint density at radius 2 is 2.03 bits per heavy atom. The Morgan fingerprint density at radius 1 is 1.23 bits per heavy atom. The van der Waals surface area contributed by atoms with Gasteiger partial charge in [0.2, 0.25) is 0 Å². The van der Waals surface area contributed by atoms with Gasteiger partial charge in [-0.05, 0) is 37.5 Å². The highest BCUT2D eigenvalue weighted by Gasteiger charge is 2.58. The number of aromatic nitrogens is 1. The number of pyridine rings is 1. The van der Waals surface area contributed by atoms with Crippen molar-refractivity contribution >= 4 is 0 Å².